The Morgan fingerprint density at radius 2 is 0.786 bits per heavy atom. The zero-order valence-corrected chi connectivity index (χ0v) is 30.5. The highest BCUT2D eigenvalue weighted by molar-refractivity contribution is 6.16. The molecule has 0 spiro atoms. The predicted molar refractivity (Wildman–Crippen MR) is 237 cm³/mol. The van der Waals surface area contributed by atoms with Gasteiger partial charge in [-0.05, 0) is 105 Å². The van der Waals surface area contributed by atoms with Gasteiger partial charge in [-0.25, -0.2) is 0 Å². The average molecular weight is 719 g/mol. The summed E-state index contributed by atoms with van der Waals surface area (Å²) in [5, 5.41) is 2.24. The molecule has 0 amide bonds. The average Bonchev–Trinajstić information content (AvgIpc) is 3.63. The number of fused-ring (bicyclic) bond motifs is 3. The number of anilines is 3. The van der Waals surface area contributed by atoms with Crippen molar-refractivity contribution in [2.24, 2.45) is 0 Å². The number of para-hydroxylation sites is 2. The first kappa shape index (κ1) is 29.0. The standard InChI is InChI=1S/C54H38N2/c1-4-14-39(15-5-1)41-26-28-42(29-27-41)44-32-36-48(37-33-44)55(47-34-30-43(31-35-47)40-16-6-2-7-17-40)49-21-12-18-45(38-49)50-23-13-25-53-54(50)51-22-10-11-24-52(51)56(53)46-19-8-3-9-20-46/h1-38H/i34D,35D,36D,37D. The topological polar surface area (TPSA) is 8.17 Å². The third kappa shape index (κ3) is 6.14. The van der Waals surface area contributed by atoms with Crippen LogP contribution in [-0.4, -0.2) is 4.57 Å². The molecule has 0 radical (unpaired) electrons. The SMILES string of the molecule is [2H]c1cc(-c2ccccc2)cc([2H])c1N(c1cccc(-c2cccc3c2c2ccccc2n3-c2ccccc2)c1)c1c([2H])cc(-c2ccc(-c3ccccc3)cc2)cc1[2H]. The first-order valence-corrected chi connectivity index (χ1v) is 18.8. The highest BCUT2D eigenvalue weighted by atomic mass is 15.1. The summed E-state index contributed by atoms with van der Waals surface area (Å²) in [4.78, 5) is 1.77. The summed E-state index contributed by atoms with van der Waals surface area (Å²) in [7, 11) is 0. The van der Waals surface area contributed by atoms with E-state index in [-0.39, 0.29) is 24.2 Å². The van der Waals surface area contributed by atoms with Gasteiger partial charge in [-0.15, -0.1) is 0 Å². The first-order valence-electron chi connectivity index (χ1n) is 20.8. The summed E-state index contributed by atoms with van der Waals surface area (Å²) in [6.07, 6.45) is 0. The molecule has 264 valence electrons. The molecule has 0 fully saturated rings. The second-order valence-corrected chi connectivity index (χ2v) is 13.8. The molecule has 0 atom stereocenters. The smallest absolute Gasteiger partial charge is 0.0645 e. The van der Waals surface area contributed by atoms with E-state index in [0.717, 1.165) is 72.0 Å². The van der Waals surface area contributed by atoms with Gasteiger partial charge in [0.05, 0.1) is 16.5 Å². The van der Waals surface area contributed by atoms with Crippen molar-refractivity contribution >= 4 is 38.9 Å². The summed E-state index contributed by atoms with van der Waals surface area (Å²) >= 11 is 0. The fourth-order valence-electron chi connectivity index (χ4n) is 7.76. The van der Waals surface area contributed by atoms with E-state index in [2.05, 4.69) is 108 Å². The van der Waals surface area contributed by atoms with Crippen molar-refractivity contribution in [2.75, 3.05) is 4.90 Å². The van der Waals surface area contributed by atoms with Gasteiger partial charge in [-0.3, -0.25) is 0 Å². The van der Waals surface area contributed by atoms with Crippen LogP contribution in [-0.2, 0) is 0 Å². The molecule has 0 bridgehead atoms. The Morgan fingerprint density at radius 1 is 0.339 bits per heavy atom. The molecule has 1 aromatic heterocycles. The molecule has 1 heterocycles. The van der Waals surface area contributed by atoms with Crippen molar-refractivity contribution < 1.29 is 5.48 Å². The van der Waals surface area contributed by atoms with Crippen LogP contribution in [0.5, 0.6) is 0 Å². The van der Waals surface area contributed by atoms with Crippen LogP contribution >= 0.6 is 0 Å². The van der Waals surface area contributed by atoms with Crippen LogP contribution in [0.2, 0.25) is 0 Å². The molecule has 0 saturated heterocycles. The van der Waals surface area contributed by atoms with Crippen LogP contribution in [0.4, 0.5) is 17.1 Å². The number of hydrogen-bond donors (Lipinski definition) is 0. The van der Waals surface area contributed by atoms with Gasteiger partial charge < -0.3 is 9.47 Å². The summed E-state index contributed by atoms with van der Waals surface area (Å²) in [5.74, 6) is 0. The van der Waals surface area contributed by atoms with E-state index in [1.807, 2.05) is 78.9 Å². The lowest BCUT2D eigenvalue weighted by Gasteiger charge is -2.26. The van der Waals surface area contributed by atoms with E-state index < -0.39 is 0 Å². The van der Waals surface area contributed by atoms with Crippen molar-refractivity contribution in [3.63, 3.8) is 0 Å². The molecule has 56 heavy (non-hydrogen) atoms. The zero-order chi connectivity index (χ0) is 40.7. The molecule has 0 aliphatic carbocycles. The van der Waals surface area contributed by atoms with Crippen LogP contribution in [0.15, 0.2) is 230 Å². The van der Waals surface area contributed by atoms with Crippen LogP contribution in [0, 0.1) is 0 Å². The molecule has 0 unspecified atom stereocenters. The quantitative estimate of drug-likeness (QED) is 0.152. The monoisotopic (exact) mass is 718 g/mol. The van der Waals surface area contributed by atoms with E-state index in [9.17, 15) is 5.48 Å². The van der Waals surface area contributed by atoms with Crippen molar-refractivity contribution in [1.29, 1.82) is 0 Å². The van der Waals surface area contributed by atoms with E-state index in [1.54, 1.807) is 29.2 Å². The summed E-state index contributed by atoms with van der Waals surface area (Å²) in [6, 6.07) is 69.1. The molecular weight excluding hydrogens is 677 g/mol. The fraction of sp³-hybridized carbons (Fsp3) is 0. The largest absolute Gasteiger partial charge is 0.310 e. The second-order valence-electron chi connectivity index (χ2n) is 13.8. The number of hydrogen-bond acceptors (Lipinski definition) is 1. The minimum Gasteiger partial charge on any atom is -0.310 e. The second kappa shape index (κ2) is 14.4. The lowest BCUT2D eigenvalue weighted by atomic mass is 9.98. The van der Waals surface area contributed by atoms with E-state index in [0.29, 0.717) is 17.1 Å². The molecule has 0 aliphatic heterocycles. The van der Waals surface area contributed by atoms with Gasteiger partial charge in [0.2, 0.25) is 0 Å². The van der Waals surface area contributed by atoms with Crippen molar-refractivity contribution in [3.05, 3.63) is 230 Å². The maximum Gasteiger partial charge on any atom is 0.0645 e. The van der Waals surface area contributed by atoms with Crippen LogP contribution in [0.3, 0.4) is 0 Å². The summed E-state index contributed by atoms with van der Waals surface area (Å²) < 4.78 is 40.3. The van der Waals surface area contributed by atoms with Crippen molar-refractivity contribution in [2.45, 2.75) is 0 Å². The van der Waals surface area contributed by atoms with Crippen molar-refractivity contribution in [1.82, 2.24) is 4.57 Å². The minimum atomic E-state index is 0.119. The Morgan fingerprint density at radius 3 is 1.38 bits per heavy atom. The lowest BCUT2D eigenvalue weighted by Crippen LogP contribution is -2.10. The van der Waals surface area contributed by atoms with E-state index in [4.69, 9.17) is 0 Å². The Kier molecular flexibility index (Phi) is 7.47. The molecule has 0 N–H and O–H groups in total. The molecular formula is C54H38N2. The fourth-order valence-corrected chi connectivity index (χ4v) is 7.76. The Balaban J connectivity index is 1.14. The highest BCUT2D eigenvalue weighted by Crippen LogP contribution is 2.42. The summed E-state index contributed by atoms with van der Waals surface area (Å²) in [6.45, 7) is 0. The molecule has 0 aliphatic rings. The molecule has 9 aromatic carbocycles. The number of nitrogens with zero attached hydrogens (tertiary/aromatic N) is 2. The van der Waals surface area contributed by atoms with Gasteiger partial charge in [-0.1, -0.05) is 170 Å². The molecule has 0 saturated carbocycles. The van der Waals surface area contributed by atoms with Gasteiger partial charge >= 0.3 is 0 Å². The first-order chi connectivity index (χ1) is 29.4. The summed E-state index contributed by atoms with van der Waals surface area (Å²) in [5.41, 5.74) is 12.0. The van der Waals surface area contributed by atoms with Crippen LogP contribution < -0.4 is 4.90 Å². The number of aromatic nitrogens is 1. The molecule has 2 heteroatoms. The van der Waals surface area contributed by atoms with E-state index >= 15 is 0 Å². The minimum absolute atomic E-state index is 0.119. The maximum absolute atomic E-state index is 9.54. The third-order valence-electron chi connectivity index (χ3n) is 10.5. The molecule has 2 nitrogen and oxygen atoms in total. The molecule has 10 aromatic rings. The zero-order valence-electron chi connectivity index (χ0n) is 34.5. The predicted octanol–water partition coefficient (Wildman–Crippen LogP) is 14.9. The number of rotatable bonds is 8. The van der Waals surface area contributed by atoms with Crippen molar-refractivity contribution in [3.8, 4) is 50.2 Å². The van der Waals surface area contributed by atoms with Crippen LogP contribution in [0.25, 0.3) is 72.0 Å². The van der Waals surface area contributed by atoms with E-state index in [1.165, 1.54) is 0 Å². The Bertz CT molecular complexity index is 3130. The van der Waals surface area contributed by atoms with Gasteiger partial charge in [0.25, 0.3) is 0 Å². The lowest BCUT2D eigenvalue weighted by molar-refractivity contribution is 1.18. The molecule has 10 rings (SSSR count). The van der Waals surface area contributed by atoms with Gasteiger partial charge in [0.15, 0.2) is 0 Å². The maximum atomic E-state index is 9.54. The van der Waals surface area contributed by atoms with Gasteiger partial charge in [0, 0.05) is 33.5 Å². The van der Waals surface area contributed by atoms with Gasteiger partial charge in [0.1, 0.15) is 0 Å². The van der Waals surface area contributed by atoms with Gasteiger partial charge in [-0.2, -0.15) is 0 Å². The highest BCUT2D eigenvalue weighted by Gasteiger charge is 2.18. The third-order valence-corrected chi connectivity index (χ3v) is 10.5. The normalized spacial score (nSPS) is 12.2. The van der Waals surface area contributed by atoms with Crippen LogP contribution in [0.1, 0.15) is 5.48 Å². The number of benzene rings is 9. The Labute approximate surface area is 333 Å². The Hall–Kier alpha value is -7.42.